The molecule has 3 heterocycles. The molecule has 3 aromatic rings. The van der Waals surface area contributed by atoms with Gasteiger partial charge in [-0.2, -0.15) is 0 Å². The minimum absolute atomic E-state index is 0.0736. The number of aromatic nitrogens is 2. The van der Waals surface area contributed by atoms with Crippen LogP contribution in [0.2, 0.25) is 0 Å². The van der Waals surface area contributed by atoms with Gasteiger partial charge in [0.25, 0.3) is 0 Å². The van der Waals surface area contributed by atoms with Gasteiger partial charge < -0.3 is 14.8 Å². The molecule has 2 aliphatic rings. The summed E-state index contributed by atoms with van der Waals surface area (Å²) in [6.07, 6.45) is 3.68. The van der Waals surface area contributed by atoms with Gasteiger partial charge in [0.2, 0.25) is 5.91 Å². The molecule has 0 atom stereocenters. The summed E-state index contributed by atoms with van der Waals surface area (Å²) in [5.41, 5.74) is 4.26. The topological polar surface area (TPSA) is 53.4 Å². The quantitative estimate of drug-likeness (QED) is 0.742. The molecule has 1 amide bonds. The molecule has 2 aliphatic heterocycles. The van der Waals surface area contributed by atoms with Crippen LogP contribution in [0.5, 0.6) is 0 Å². The van der Waals surface area contributed by atoms with E-state index in [4.69, 9.17) is 4.98 Å². The number of benzene rings is 2. The van der Waals surface area contributed by atoms with Crippen molar-refractivity contribution in [3.05, 3.63) is 54.4 Å². The summed E-state index contributed by atoms with van der Waals surface area (Å²) >= 11 is 0. The molecule has 6 heteroatoms. The van der Waals surface area contributed by atoms with Crippen LogP contribution < -0.4 is 10.2 Å². The van der Waals surface area contributed by atoms with Gasteiger partial charge in [-0.1, -0.05) is 24.6 Å². The molecule has 0 saturated carbocycles. The zero-order valence-electron chi connectivity index (χ0n) is 16.7. The minimum Gasteiger partial charge on any atom is -0.362 e. The number of likely N-dealkylation sites (tertiary alicyclic amines) is 1. The third kappa shape index (κ3) is 3.85. The summed E-state index contributed by atoms with van der Waals surface area (Å²) in [7, 11) is 0. The summed E-state index contributed by atoms with van der Waals surface area (Å²) in [5, 5.41) is 3.08. The Morgan fingerprint density at radius 3 is 2.72 bits per heavy atom. The van der Waals surface area contributed by atoms with E-state index in [0.717, 1.165) is 55.4 Å². The van der Waals surface area contributed by atoms with Gasteiger partial charge in [-0.3, -0.25) is 9.69 Å². The van der Waals surface area contributed by atoms with Gasteiger partial charge in [0.1, 0.15) is 5.82 Å². The van der Waals surface area contributed by atoms with E-state index in [9.17, 15) is 4.79 Å². The Morgan fingerprint density at radius 1 is 0.966 bits per heavy atom. The number of carbonyl (C=O) groups is 1. The van der Waals surface area contributed by atoms with E-state index in [2.05, 4.69) is 50.0 Å². The number of nitrogens with zero attached hydrogens (tertiary/aromatic N) is 4. The second-order valence-electron chi connectivity index (χ2n) is 8.03. The SMILES string of the molecule is O=C(CN1CCCCC1)Nc1cccc(N2CCn3c(nc4ccccc43)C2)c1. The molecule has 5 rings (SSSR count). The maximum atomic E-state index is 12.5. The molecule has 1 saturated heterocycles. The molecule has 0 aliphatic carbocycles. The highest BCUT2D eigenvalue weighted by Crippen LogP contribution is 2.26. The maximum Gasteiger partial charge on any atom is 0.238 e. The highest BCUT2D eigenvalue weighted by Gasteiger charge is 2.20. The van der Waals surface area contributed by atoms with E-state index in [1.54, 1.807) is 0 Å². The van der Waals surface area contributed by atoms with Crippen molar-refractivity contribution in [3.63, 3.8) is 0 Å². The average Bonchev–Trinajstić information content (AvgIpc) is 3.12. The van der Waals surface area contributed by atoms with E-state index in [1.807, 2.05) is 18.2 Å². The van der Waals surface area contributed by atoms with Crippen LogP contribution in [-0.2, 0) is 17.9 Å². The molecule has 0 unspecified atom stereocenters. The van der Waals surface area contributed by atoms with Crippen LogP contribution in [0.15, 0.2) is 48.5 Å². The third-order valence-electron chi connectivity index (χ3n) is 5.97. The zero-order chi connectivity index (χ0) is 19.6. The fourth-order valence-electron chi connectivity index (χ4n) is 4.49. The summed E-state index contributed by atoms with van der Waals surface area (Å²) in [6.45, 7) is 5.17. The van der Waals surface area contributed by atoms with E-state index < -0.39 is 0 Å². The van der Waals surface area contributed by atoms with E-state index in [-0.39, 0.29) is 5.91 Å². The first kappa shape index (κ1) is 18.2. The molecule has 150 valence electrons. The van der Waals surface area contributed by atoms with Gasteiger partial charge in [-0.15, -0.1) is 0 Å². The summed E-state index contributed by atoms with van der Waals surface area (Å²) in [5.74, 6) is 1.17. The van der Waals surface area contributed by atoms with Crippen molar-refractivity contribution in [1.29, 1.82) is 0 Å². The van der Waals surface area contributed by atoms with Gasteiger partial charge >= 0.3 is 0 Å². The molecule has 29 heavy (non-hydrogen) atoms. The maximum absolute atomic E-state index is 12.5. The standard InChI is InChI=1S/C23H27N5O/c29-23(17-26-11-4-1-5-12-26)24-18-7-6-8-19(15-18)27-13-14-28-21-10-3-2-9-20(21)25-22(28)16-27/h2-3,6-10,15H,1,4-5,11-14,16-17H2,(H,24,29). The van der Waals surface area contributed by atoms with E-state index in [0.29, 0.717) is 6.54 Å². The second-order valence-corrected chi connectivity index (χ2v) is 8.03. The van der Waals surface area contributed by atoms with Crippen molar-refractivity contribution >= 4 is 28.3 Å². The van der Waals surface area contributed by atoms with Crippen LogP contribution in [0, 0.1) is 0 Å². The normalized spacial score (nSPS) is 17.3. The van der Waals surface area contributed by atoms with Crippen molar-refractivity contribution in [2.75, 3.05) is 36.4 Å². The number of piperidine rings is 1. The van der Waals surface area contributed by atoms with Crippen molar-refractivity contribution in [3.8, 4) is 0 Å². The summed E-state index contributed by atoms with van der Waals surface area (Å²) in [4.78, 5) is 21.8. The fraction of sp³-hybridized carbons (Fsp3) is 0.391. The van der Waals surface area contributed by atoms with Gasteiger partial charge in [-0.25, -0.2) is 4.98 Å². The Bertz CT molecular complexity index is 1020. The molecule has 6 nitrogen and oxygen atoms in total. The smallest absolute Gasteiger partial charge is 0.238 e. The zero-order valence-corrected chi connectivity index (χ0v) is 16.7. The highest BCUT2D eigenvalue weighted by molar-refractivity contribution is 5.92. The molecule has 0 spiro atoms. The second kappa shape index (κ2) is 7.87. The monoisotopic (exact) mass is 389 g/mol. The number of amides is 1. The number of nitrogens with one attached hydrogen (secondary N) is 1. The first-order valence-electron chi connectivity index (χ1n) is 10.6. The summed E-state index contributed by atoms with van der Waals surface area (Å²) in [6, 6.07) is 16.5. The van der Waals surface area contributed by atoms with Crippen LogP contribution in [0.1, 0.15) is 25.1 Å². The van der Waals surface area contributed by atoms with Crippen LogP contribution in [-0.4, -0.2) is 46.5 Å². The van der Waals surface area contributed by atoms with E-state index in [1.165, 1.54) is 24.8 Å². The number of anilines is 2. The van der Waals surface area contributed by atoms with Crippen molar-refractivity contribution < 1.29 is 4.79 Å². The first-order valence-corrected chi connectivity index (χ1v) is 10.6. The number of hydrogen-bond donors (Lipinski definition) is 1. The lowest BCUT2D eigenvalue weighted by Gasteiger charge is -2.30. The van der Waals surface area contributed by atoms with Gasteiger partial charge in [-0.05, 0) is 56.3 Å². The average molecular weight is 390 g/mol. The molecular weight excluding hydrogens is 362 g/mol. The Morgan fingerprint density at radius 2 is 1.83 bits per heavy atom. The lowest BCUT2D eigenvalue weighted by molar-refractivity contribution is -0.117. The molecule has 2 aromatic carbocycles. The Hall–Kier alpha value is -2.86. The fourth-order valence-corrected chi connectivity index (χ4v) is 4.49. The van der Waals surface area contributed by atoms with Crippen molar-refractivity contribution in [1.82, 2.24) is 14.5 Å². The Labute approximate surface area is 171 Å². The number of imidazole rings is 1. The number of carbonyl (C=O) groups excluding carboxylic acids is 1. The number of fused-ring (bicyclic) bond motifs is 3. The number of hydrogen-bond acceptors (Lipinski definition) is 4. The predicted molar refractivity (Wildman–Crippen MR) is 116 cm³/mol. The van der Waals surface area contributed by atoms with Gasteiger partial charge in [0.15, 0.2) is 0 Å². The van der Waals surface area contributed by atoms with Crippen molar-refractivity contribution in [2.45, 2.75) is 32.4 Å². The minimum atomic E-state index is 0.0736. The van der Waals surface area contributed by atoms with Gasteiger partial charge in [0, 0.05) is 24.5 Å². The Balaban J connectivity index is 1.28. The van der Waals surface area contributed by atoms with Crippen LogP contribution in [0.4, 0.5) is 11.4 Å². The van der Waals surface area contributed by atoms with Crippen LogP contribution >= 0.6 is 0 Å². The third-order valence-corrected chi connectivity index (χ3v) is 5.97. The molecule has 0 radical (unpaired) electrons. The first-order chi connectivity index (χ1) is 14.3. The summed E-state index contributed by atoms with van der Waals surface area (Å²) < 4.78 is 2.32. The molecule has 0 bridgehead atoms. The lowest BCUT2D eigenvalue weighted by Crippen LogP contribution is -2.37. The number of rotatable bonds is 4. The Kier molecular flexibility index (Phi) is 4.94. The van der Waals surface area contributed by atoms with Crippen molar-refractivity contribution in [2.24, 2.45) is 0 Å². The lowest BCUT2D eigenvalue weighted by atomic mass is 10.1. The predicted octanol–water partition coefficient (Wildman–Crippen LogP) is 3.48. The van der Waals surface area contributed by atoms with Crippen LogP contribution in [0.25, 0.3) is 11.0 Å². The van der Waals surface area contributed by atoms with Gasteiger partial charge in [0.05, 0.1) is 24.1 Å². The van der Waals surface area contributed by atoms with Crippen LogP contribution in [0.3, 0.4) is 0 Å². The molecule has 1 fully saturated rings. The molecular formula is C23H27N5O. The molecule has 1 N–H and O–H groups in total. The van der Waals surface area contributed by atoms with E-state index >= 15 is 0 Å². The highest BCUT2D eigenvalue weighted by atomic mass is 16.2. The number of para-hydroxylation sites is 2. The largest absolute Gasteiger partial charge is 0.362 e. The molecule has 1 aromatic heterocycles.